The number of aryl methyl sites for hydroxylation is 1. The lowest BCUT2D eigenvalue weighted by Gasteiger charge is -2.33. The van der Waals surface area contributed by atoms with Crippen molar-refractivity contribution in [3.63, 3.8) is 0 Å². The van der Waals surface area contributed by atoms with Crippen molar-refractivity contribution in [2.24, 2.45) is 11.1 Å². The lowest BCUT2D eigenvalue weighted by Crippen LogP contribution is -2.43. The quantitative estimate of drug-likeness (QED) is 0.882. The zero-order chi connectivity index (χ0) is 15.1. The molecule has 1 aromatic rings. The minimum Gasteiger partial charge on any atom is -0.349 e. The van der Waals surface area contributed by atoms with Crippen molar-refractivity contribution in [3.05, 3.63) is 29.1 Å². The van der Waals surface area contributed by atoms with Gasteiger partial charge in [-0.25, -0.2) is 17.9 Å². The predicted molar refractivity (Wildman–Crippen MR) is 72.2 cm³/mol. The maximum atomic E-state index is 13.7. The first-order chi connectivity index (χ1) is 9.18. The SMILES string of the molecule is Cc1cc(C(=O)NC2CC(C)C2)cc(S(N)(=O)=O)c1F. The third kappa shape index (κ3) is 2.99. The van der Waals surface area contributed by atoms with E-state index in [4.69, 9.17) is 5.14 Å². The van der Waals surface area contributed by atoms with E-state index in [1.54, 1.807) is 0 Å². The van der Waals surface area contributed by atoms with Crippen molar-refractivity contribution in [1.29, 1.82) is 0 Å². The van der Waals surface area contributed by atoms with Crippen LogP contribution in [-0.2, 0) is 10.0 Å². The average molecular weight is 300 g/mol. The topological polar surface area (TPSA) is 89.3 Å². The van der Waals surface area contributed by atoms with Crippen molar-refractivity contribution in [3.8, 4) is 0 Å². The summed E-state index contributed by atoms with van der Waals surface area (Å²) in [5.74, 6) is -0.744. The second kappa shape index (κ2) is 5.14. The molecule has 20 heavy (non-hydrogen) atoms. The number of rotatable bonds is 3. The number of hydrogen-bond acceptors (Lipinski definition) is 3. The van der Waals surface area contributed by atoms with Crippen molar-refractivity contribution < 1.29 is 17.6 Å². The molecular weight excluding hydrogens is 283 g/mol. The van der Waals surface area contributed by atoms with E-state index in [2.05, 4.69) is 12.2 Å². The van der Waals surface area contributed by atoms with Crippen molar-refractivity contribution >= 4 is 15.9 Å². The van der Waals surface area contributed by atoms with Gasteiger partial charge in [0.15, 0.2) is 0 Å². The van der Waals surface area contributed by atoms with Crippen LogP contribution in [0.2, 0.25) is 0 Å². The Bertz CT molecular complexity index is 652. The highest BCUT2D eigenvalue weighted by Crippen LogP contribution is 2.27. The van der Waals surface area contributed by atoms with Gasteiger partial charge in [0.25, 0.3) is 5.91 Å². The van der Waals surface area contributed by atoms with Gasteiger partial charge in [0.05, 0.1) is 0 Å². The maximum Gasteiger partial charge on any atom is 0.251 e. The van der Waals surface area contributed by atoms with Gasteiger partial charge >= 0.3 is 0 Å². The molecule has 0 aromatic heterocycles. The molecule has 0 radical (unpaired) electrons. The lowest BCUT2D eigenvalue weighted by atomic mass is 9.82. The highest BCUT2D eigenvalue weighted by Gasteiger charge is 2.27. The number of sulfonamides is 1. The summed E-state index contributed by atoms with van der Waals surface area (Å²) in [6.07, 6.45) is 1.79. The molecule has 5 nitrogen and oxygen atoms in total. The van der Waals surface area contributed by atoms with E-state index in [-0.39, 0.29) is 17.2 Å². The standard InChI is InChI=1S/C13H17FN2O3S/c1-7-3-10(4-7)16-13(17)9-5-8(2)12(14)11(6-9)20(15,18)19/h5-7,10H,3-4H2,1-2H3,(H,16,17)(H2,15,18,19). The normalized spacial score (nSPS) is 22.2. The van der Waals surface area contributed by atoms with E-state index in [1.165, 1.54) is 13.0 Å². The Labute approximate surface area is 117 Å². The summed E-state index contributed by atoms with van der Waals surface area (Å²) in [5, 5.41) is 7.74. The van der Waals surface area contributed by atoms with Crippen LogP contribution in [0.25, 0.3) is 0 Å². The van der Waals surface area contributed by atoms with Gasteiger partial charge in [0.2, 0.25) is 10.0 Å². The minimum atomic E-state index is -4.20. The van der Waals surface area contributed by atoms with Crippen LogP contribution < -0.4 is 10.5 Å². The number of nitrogens with one attached hydrogen (secondary N) is 1. The van der Waals surface area contributed by atoms with Crippen molar-refractivity contribution in [1.82, 2.24) is 5.32 Å². The van der Waals surface area contributed by atoms with Crippen LogP contribution in [-0.4, -0.2) is 20.4 Å². The van der Waals surface area contributed by atoms with Gasteiger partial charge in [0.1, 0.15) is 10.7 Å². The summed E-state index contributed by atoms with van der Waals surface area (Å²) < 4.78 is 36.4. The minimum absolute atomic E-state index is 0.0728. The van der Waals surface area contributed by atoms with E-state index in [0.717, 1.165) is 18.9 Å². The molecule has 1 aliphatic rings. The van der Waals surface area contributed by atoms with Crippen LogP contribution in [0.15, 0.2) is 17.0 Å². The molecule has 0 aliphatic heterocycles. The Balaban J connectivity index is 2.28. The third-order valence-electron chi connectivity index (χ3n) is 3.50. The first kappa shape index (κ1) is 14.9. The summed E-state index contributed by atoms with van der Waals surface area (Å²) >= 11 is 0. The summed E-state index contributed by atoms with van der Waals surface area (Å²) in [5.41, 5.74) is 0.177. The maximum absolute atomic E-state index is 13.7. The molecule has 0 heterocycles. The predicted octanol–water partition coefficient (Wildman–Crippen LogP) is 1.31. The van der Waals surface area contributed by atoms with E-state index in [1.807, 2.05) is 0 Å². The molecule has 1 fully saturated rings. The van der Waals surface area contributed by atoms with E-state index >= 15 is 0 Å². The molecule has 0 unspecified atom stereocenters. The van der Waals surface area contributed by atoms with E-state index in [0.29, 0.717) is 5.92 Å². The number of nitrogens with two attached hydrogens (primary N) is 1. The summed E-state index contributed by atoms with van der Waals surface area (Å²) in [4.78, 5) is 11.4. The van der Waals surface area contributed by atoms with Crippen LogP contribution >= 0.6 is 0 Å². The Hall–Kier alpha value is -1.47. The number of carbonyl (C=O) groups excluding carboxylic acids is 1. The fourth-order valence-corrected chi connectivity index (χ4v) is 3.07. The van der Waals surface area contributed by atoms with Gasteiger partial charge in [-0.05, 0) is 43.4 Å². The molecule has 3 N–H and O–H groups in total. The fraction of sp³-hybridized carbons (Fsp3) is 0.462. The van der Waals surface area contributed by atoms with Gasteiger partial charge < -0.3 is 5.32 Å². The van der Waals surface area contributed by atoms with E-state index in [9.17, 15) is 17.6 Å². The van der Waals surface area contributed by atoms with Crippen LogP contribution in [0.1, 0.15) is 35.7 Å². The molecular formula is C13H17FN2O3S. The molecule has 110 valence electrons. The lowest BCUT2D eigenvalue weighted by molar-refractivity contribution is 0.0895. The number of benzene rings is 1. The molecule has 0 atom stereocenters. The number of amides is 1. The molecule has 0 spiro atoms. The Morgan fingerprint density at radius 2 is 2.00 bits per heavy atom. The molecule has 7 heteroatoms. The van der Waals surface area contributed by atoms with Gasteiger partial charge in [0, 0.05) is 11.6 Å². The van der Waals surface area contributed by atoms with Gasteiger partial charge in [-0.15, -0.1) is 0 Å². The molecule has 1 aromatic carbocycles. The molecule has 1 saturated carbocycles. The molecule has 1 amide bonds. The molecule has 2 rings (SSSR count). The monoisotopic (exact) mass is 300 g/mol. The summed E-state index contributed by atoms with van der Waals surface area (Å²) in [7, 11) is -4.20. The van der Waals surface area contributed by atoms with Gasteiger partial charge in [-0.2, -0.15) is 0 Å². The number of hydrogen-bond donors (Lipinski definition) is 2. The van der Waals surface area contributed by atoms with Crippen LogP contribution in [0.4, 0.5) is 4.39 Å². The fourth-order valence-electron chi connectivity index (χ4n) is 2.36. The summed E-state index contributed by atoms with van der Waals surface area (Å²) in [6.45, 7) is 3.48. The third-order valence-corrected chi connectivity index (χ3v) is 4.41. The van der Waals surface area contributed by atoms with Gasteiger partial charge in [-0.1, -0.05) is 6.92 Å². The van der Waals surface area contributed by atoms with Crippen molar-refractivity contribution in [2.75, 3.05) is 0 Å². The Morgan fingerprint density at radius 3 is 2.50 bits per heavy atom. The van der Waals surface area contributed by atoms with Crippen LogP contribution in [0, 0.1) is 18.7 Å². The largest absolute Gasteiger partial charge is 0.349 e. The van der Waals surface area contributed by atoms with Crippen LogP contribution in [0.3, 0.4) is 0 Å². The highest BCUT2D eigenvalue weighted by molar-refractivity contribution is 7.89. The second-order valence-corrected chi connectivity index (χ2v) is 6.93. The zero-order valence-corrected chi connectivity index (χ0v) is 12.1. The zero-order valence-electron chi connectivity index (χ0n) is 11.3. The second-order valence-electron chi connectivity index (χ2n) is 5.40. The summed E-state index contributed by atoms with van der Waals surface area (Å²) in [6, 6.07) is 2.40. The Kier molecular flexibility index (Phi) is 3.84. The highest BCUT2D eigenvalue weighted by atomic mass is 32.2. The molecule has 0 saturated heterocycles. The first-order valence-electron chi connectivity index (χ1n) is 6.32. The Morgan fingerprint density at radius 1 is 1.40 bits per heavy atom. The number of carbonyl (C=O) groups is 1. The smallest absolute Gasteiger partial charge is 0.251 e. The molecule has 0 bridgehead atoms. The first-order valence-corrected chi connectivity index (χ1v) is 7.87. The molecule has 1 aliphatic carbocycles. The van der Waals surface area contributed by atoms with E-state index < -0.39 is 26.6 Å². The van der Waals surface area contributed by atoms with Crippen molar-refractivity contribution in [2.45, 2.75) is 37.6 Å². The number of primary sulfonamides is 1. The van der Waals surface area contributed by atoms with Crippen LogP contribution in [0.5, 0.6) is 0 Å². The average Bonchev–Trinajstić information content (AvgIpc) is 2.28. The van der Waals surface area contributed by atoms with Gasteiger partial charge in [-0.3, -0.25) is 4.79 Å². The number of halogens is 1.